The number of hydrogen-bond acceptors (Lipinski definition) is 6. The Kier molecular flexibility index (Phi) is 4.08. The van der Waals surface area contributed by atoms with E-state index < -0.39 is 0 Å². The fourth-order valence-electron chi connectivity index (χ4n) is 2.20. The predicted molar refractivity (Wildman–Crippen MR) is 85.9 cm³/mol. The number of anilines is 1. The summed E-state index contributed by atoms with van der Waals surface area (Å²) in [6.45, 7) is 4.48. The fraction of sp³-hybridized carbons (Fsp3) is 0.267. The van der Waals surface area contributed by atoms with Crippen LogP contribution in [-0.2, 0) is 13.1 Å². The minimum atomic E-state index is 0.560. The number of aromatic nitrogens is 3. The van der Waals surface area contributed by atoms with E-state index in [2.05, 4.69) is 26.8 Å². The summed E-state index contributed by atoms with van der Waals surface area (Å²) in [5.41, 5.74) is 7.04. The Balaban J connectivity index is 1.79. The summed E-state index contributed by atoms with van der Waals surface area (Å²) in [7, 11) is 0. The van der Waals surface area contributed by atoms with Gasteiger partial charge in [-0.15, -0.1) is 11.3 Å². The van der Waals surface area contributed by atoms with Gasteiger partial charge < -0.3 is 5.73 Å². The molecule has 0 radical (unpaired) electrons. The second-order valence-electron chi connectivity index (χ2n) is 4.79. The van der Waals surface area contributed by atoms with Crippen molar-refractivity contribution in [3.05, 3.63) is 47.4 Å². The molecule has 6 heteroatoms. The molecule has 0 fully saturated rings. The highest BCUT2D eigenvalue weighted by atomic mass is 32.1. The van der Waals surface area contributed by atoms with Gasteiger partial charge in [-0.25, -0.2) is 9.97 Å². The molecule has 0 aliphatic carbocycles. The maximum absolute atomic E-state index is 6.00. The average molecular weight is 299 g/mol. The van der Waals surface area contributed by atoms with Crippen molar-refractivity contribution in [2.45, 2.75) is 20.0 Å². The van der Waals surface area contributed by atoms with Gasteiger partial charge in [-0.3, -0.25) is 9.88 Å². The monoisotopic (exact) mass is 299 g/mol. The van der Waals surface area contributed by atoms with Crippen LogP contribution in [0.15, 0.2) is 35.8 Å². The van der Waals surface area contributed by atoms with Crippen molar-refractivity contribution in [2.75, 3.05) is 12.3 Å². The molecule has 3 aromatic rings. The summed E-state index contributed by atoms with van der Waals surface area (Å²) in [6.07, 6.45) is 1.81. The number of rotatable bonds is 5. The second kappa shape index (κ2) is 6.15. The number of thiophene rings is 1. The fourth-order valence-corrected chi connectivity index (χ4v) is 2.99. The Morgan fingerprint density at radius 2 is 2.10 bits per heavy atom. The van der Waals surface area contributed by atoms with Crippen LogP contribution in [0.2, 0.25) is 0 Å². The third-order valence-electron chi connectivity index (χ3n) is 3.32. The summed E-state index contributed by atoms with van der Waals surface area (Å²) in [4.78, 5) is 16.6. The predicted octanol–water partition coefficient (Wildman–Crippen LogP) is 2.69. The van der Waals surface area contributed by atoms with E-state index in [1.54, 1.807) is 11.3 Å². The molecular weight excluding hydrogens is 282 g/mol. The minimum absolute atomic E-state index is 0.560. The molecule has 0 unspecified atom stereocenters. The molecule has 2 N–H and O–H groups in total. The van der Waals surface area contributed by atoms with Crippen LogP contribution < -0.4 is 5.73 Å². The van der Waals surface area contributed by atoms with Gasteiger partial charge in [0.1, 0.15) is 16.5 Å². The topological polar surface area (TPSA) is 67.9 Å². The number of nitrogens with two attached hydrogens (primary N) is 1. The van der Waals surface area contributed by atoms with E-state index in [9.17, 15) is 0 Å². The maximum Gasteiger partial charge on any atom is 0.146 e. The third kappa shape index (κ3) is 3.17. The standard InChI is InChI=1S/C15H17N5S/c1-2-20(9-11-5-3-4-7-17-11)10-13-18-14(16)12-6-8-21-15(12)19-13/h3-8H,2,9-10H2,1H3,(H2,16,18,19). The lowest BCUT2D eigenvalue weighted by Gasteiger charge is -2.19. The lowest BCUT2D eigenvalue weighted by Crippen LogP contribution is -2.24. The zero-order valence-corrected chi connectivity index (χ0v) is 12.7. The van der Waals surface area contributed by atoms with Gasteiger partial charge >= 0.3 is 0 Å². The summed E-state index contributed by atoms with van der Waals surface area (Å²) < 4.78 is 0. The van der Waals surface area contributed by atoms with E-state index in [0.29, 0.717) is 12.4 Å². The number of fused-ring (bicyclic) bond motifs is 1. The molecule has 3 rings (SSSR count). The molecule has 108 valence electrons. The Hall–Kier alpha value is -2.05. The SMILES string of the molecule is CCN(Cc1ccccn1)Cc1nc(N)c2ccsc2n1. The molecule has 0 aliphatic rings. The molecule has 0 bridgehead atoms. The molecule has 3 heterocycles. The lowest BCUT2D eigenvalue weighted by molar-refractivity contribution is 0.262. The molecule has 3 aromatic heterocycles. The number of nitrogen functional groups attached to an aromatic ring is 1. The van der Waals surface area contributed by atoms with Crippen molar-refractivity contribution >= 4 is 27.4 Å². The smallest absolute Gasteiger partial charge is 0.146 e. The van der Waals surface area contributed by atoms with Crippen LogP contribution in [0.4, 0.5) is 5.82 Å². The van der Waals surface area contributed by atoms with E-state index >= 15 is 0 Å². The van der Waals surface area contributed by atoms with Crippen molar-refractivity contribution in [3.8, 4) is 0 Å². The Morgan fingerprint density at radius 3 is 2.86 bits per heavy atom. The summed E-state index contributed by atoms with van der Waals surface area (Å²) in [5, 5.41) is 2.93. The van der Waals surface area contributed by atoms with Crippen LogP contribution >= 0.6 is 11.3 Å². The van der Waals surface area contributed by atoms with E-state index in [4.69, 9.17) is 5.73 Å². The Bertz CT molecular complexity index is 725. The Morgan fingerprint density at radius 1 is 1.19 bits per heavy atom. The van der Waals surface area contributed by atoms with Crippen molar-refractivity contribution in [1.82, 2.24) is 19.9 Å². The van der Waals surface area contributed by atoms with Gasteiger partial charge in [-0.2, -0.15) is 0 Å². The van der Waals surface area contributed by atoms with Crippen LogP contribution in [0, 0.1) is 0 Å². The summed E-state index contributed by atoms with van der Waals surface area (Å²) in [6, 6.07) is 7.92. The molecule has 0 aromatic carbocycles. The zero-order chi connectivity index (χ0) is 14.7. The van der Waals surface area contributed by atoms with E-state index in [-0.39, 0.29) is 0 Å². The van der Waals surface area contributed by atoms with Crippen molar-refractivity contribution in [2.24, 2.45) is 0 Å². The second-order valence-corrected chi connectivity index (χ2v) is 5.68. The van der Waals surface area contributed by atoms with Gasteiger partial charge in [0.2, 0.25) is 0 Å². The van der Waals surface area contributed by atoms with Crippen LogP contribution in [0.25, 0.3) is 10.2 Å². The third-order valence-corrected chi connectivity index (χ3v) is 4.13. The van der Waals surface area contributed by atoms with Gasteiger partial charge in [0.25, 0.3) is 0 Å². The zero-order valence-electron chi connectivity index (χ0n) is 11.9. The van der Waals surface area contributed by atoms with Crippen molar-refractivity contribution in [1.29, 1.82) is 0 Å². The Labute approximate surface area is 127 Å². The molecule has 5 nitrogen and oxygen atoms in total. The molecule has 0 amide bonds. The lowest BCUT2D eigenvalue weighted by atomic mass is 10.3. The van der Waals surface area contributed by atoms with Crippen LogP contribution in [0.3, 0.4) is 0 Å². The average Bonchev–Trinajstić information content (AvgIpc) is 2.96. The first-order valence-electron chi connectivity index (χ1n) is 6.88. The van der Waals surface area contributed by atoms with Crippen LogP contribution in [0.1, 0.15) is 18.4 Å². The number of nitrogens with zero attached hydrogens (tertiary/aromatic N) is 4. The highest BCUT2D eigenvalue weighted by Crippen LogP contribution is 2.23. The van der Waals surface area contributed by atoms with Gasteiger partial charge in [0.05, 0.1) is 17.6 Å². The van der Waals surface area contributed by atoms with Crippen molar-refractivity contribution in [3.63, 3.8) is 0 Å². The van der Waals surface area contributed by atoms with E-state index in [1.165, 1.54) is 0 Å². The van der Waals surface area contributed by atoms with E-state index in [1.807, 2.05) is 35.8 Å². The van der Waals surface area contributed by atoms with Gasteiger partial charge in [-0.05, 0) is 30.1 Å². The first-order chi connectivity index (χ1) is 10.3. The first kappa shape index (κ1) is 13.9. The molecular formula is C15H17N5S. The molecule has 0 spiro atoms. The van der Waals surface area contributed by atoms with Crippen LogP contribution in [0.5, 0.6) is 0 Å². The minimum Gasteiger partial charge on any atom is -0.383 e. The van der Waals surface area contributed by atoms with E-state index in [0.717, 1.165) is 34.8 Å². The molecule has 0 atom stereocenters. The largest absolute Gasteiger partial charge is 0.383 e. The van der Waals surface area contributed by atoms with Gasteiger partial charge in [-0.1, -0.05) is 13.0 Å². The summed E-state index contributed by atoms with van der Waals surface area (Å²) >= 11 is 1.59. The number of hydrogen-bond donors (Lipinski definition) is 1. The highest BCUT2D eigenvalue weighted by molar-refractivity contribution is 7.16. The number of pyridine rings is 1. The quantitative estimate of drug-likeness (QED) is 0.784. The van der Waals surface area contributed by atoms with Crippen LogP contribution in [-0.4, -0.2) is 26.4 Å². The normalized spacial score (nSPS) is 11.3. The molecule has 21 heavy (non-hydrogen) atoms. The highest BCUT2D eigenvalue weighted by Gasteiger charge is 2.11. The summed E-state index contributed by atoms with van der Waals surface area (Å²) in [5.74, 6) is 1.32. The van der Waals surface area contributed by atoms with Crippen molar-refractivity contribution < 1.29 is 0 Å². The van der Waals surface area contributed by atoms with Gasteiger partial charge in [0, 0.05) is 12.7 Å². The maximum atomic E-state index is 6.00. The van der Waals surface area contributed by atoms with Gasteiger partial charge in [0.15, 0.2) is 0 Å². The first-order valence-corrected chi connectivity index (χ1v) is 7.76. The molecule has 0 aliphatic heterocycles. The molecule has 0 saturated heterocycles. The molecule has 0 saturated carbocycles.